The molecule has 0 aliphatic rings. The van der Waals surface area contributed by atoms with E-state index in [2.05, 4.69) is 20.7 Å². The SMILES string of the molecule is N/C(CC(=O)Nc1cn[nH]c1)=N\O. The Morgan fingerprint density at radius 1 is 1.85 bits per heavy atom. The lowest BCUT2D eigenvalue weighted by atomic mass is 10.3. The molecule has 0 saturated heterocycles. The largest absolute Gasteiger partial charge is 0.409 e. The molecule has 1 aromatic rings. The first-order valence-corrected chi connectivity index (χ1v) is 3.47. The highest BCUT2D eigenvalue weighted by atomic mass is 16.4. The molecule has 0 aliphatic carbocycles. The number of aromatic nitrogens is 2. The molecular formula is C6H9N5O2. The van der Waals surface area contributed by atoms with Crippen molar-refractivity contribution in [3.8, 4) is 0 Å². The second kappa shape index (κ2) is 4.10. The summed E-state index contributed by atoms with van der Waals surface area (Å²) < 4.78 is 0. The Morgan fingerprint density at radius 3 is 3.15 bits per heavy atom. The van der Waals surface area contributed by atoms with E-state index in [1.807, 2.05) is 0 Å². The molecule has 0 radical (unpaired) electrons. The van der Waals surface area contributed by atoms with Gasteiger partial charge in [-0.2, -0.15) is 5.10 Å². The third kappa shape index (κ3) is 2.81. The molecule has 0 saturated carbocycles. The van der Waals surface area contributed by atoms with Gasteiger partial charge in [0.05, 0.1) is 18.3 Å². The second-order valence-electron chi connectivity index (χ2n) is 2.30. The lowest BCUT2D eigenvalue weighted by molar-refractivity contribution is -0.115. The van der Waals surface area contributed by atoms with Gasteiger partial charge in [0.1, 0.15) is 5.84 Å². The second-order valence-corrected chi connectivity index (χ2v) is 2.30. The van der Waals surface area contributed by atoms with Crippen LogP contribution in [-0.2, 0) is 4.79 Å². The van der Waals surface area contributed by atoms with Crippen LogP contribution in [0, 0.1) is 0 Å². The zero-order valence-electron chi connectivity index (χ0n) is 6.69. The molecule has 1 aromatic heterocycles. The zero-order valence-corrected chi connectivity index (χ0v) is 6.69. The van der Waals surface area contributed by atoms with Gasteiger partial charge >= 0.3 is 0 Å². The molecule has 0 atom stereocenters. The lowest BCUT2D eigenvalue weighted by Crippen LogP contribution is -2.21. The predicted molar refractivity (Wildman–Crippen MR) is 45.2 cm³/mol. The van der Waals surface area contributed by atoms with Crippen molar-refractivity contribution >= 4 is 17.4 Å². The molecule has 1 heterocycles. The van der Waals surface area contributed by atoms with Gasteiger partial charge in [-0.3, -0.25) is 9.89 Å². The number of amidine groups is 1. The van der Waals surface area contributed by atoms with E-state index >= 15 is 0 Å². The van der Waals surface area contributed by atoms with Crippen molar-refractivity contribution in [2.45, 2.75) is 6.42 Å². The van der Waals surface area contributed by atoms with Crippen molar-refractivity contribution in [1.29, 1.82) is 0 Å². The van der Waals surface area contributed by atoms with Crippen LogP contribution in [0.5, 0.6) is 0 Å². The zero-order chi connectivity index (χ0) is 9.68. The Kier molecular flexibility index (Phi) is 2.85. The first-order valence-electron chi connectivity index (χ1n) is 3.47. The Hall–Kier alpha value is -2.05. The third-order valence-corrected chi connectivity index (χ3v) is 1.25. The summed E-state index contributed by atoms with van der Waals surface area (Å²) in [5, 5.41) is 19.5. The maximum Gasteiger partial charge on any atom is 0.232 e. The number of rotatable bonds is 3. The number of nitrogens with zero attached hydrogens (tertiary/aromatic N) is 2. The molecule has 5 N–H and O–H groups in total. The van der Waals surface area contributed by atoms with Gasteiger partial charge in [0.15, 0.2) is 0 Å². The quantitative estimate of drug-likeness (QED) is 0.218. The molecule has 0 spiro atoms. The van der Waals surface area contributed by atoms with Crippen LogP contribution in [0.25, 0.3) is 0 Å². The molecule has 7 heteroatoms. The van der Waals surface area contributed by atoms with E-state index in [-0.39, 0.29) is 18.2 Å². The fourth-order valence-electron chi connectivity index (χ4n) is 0.724. The van der Waals surface area contributed by atoms with Gasteiger partial charge in [-0.25, -0.2) is 0 Å². The van der Waals surface area contributed by atoms with Gasteiger partial charge in [0.2, 0.25) is 5.91 Å². The molecule has 70 valence electrons. The van der Waals surface area contributed by atoms with Crippen molar-refractivity contribution in [2.75, 3.05) is 5.32 Å². The summed E-state index contributed by atoms with van der Waals surface area (Å²) in [4.78, 5) is 11.1. The molecule has 0 unspecified atom stereocenters. The van der Waals surface area contributed by atoms with E-state index in [0.29, 0.717) is 5.69 Å². The fourth-order valence-corrected chi connectivity index (χ4v) is 0.724. The van der Waals surface area contributed by atoms with Crippen molar-refractivity contribution in [1.82, 2.24) is 10.2 Å². The summed E-state index contributed by atoms with van der Waals surface area (Å²) >= 11 is 0. The van der Waals surface area contributed by atoms with E-state index in [1.54, 1.807) is 0 Å². The highest BCUT2D eigenvalue weighted by Crippen LogP contribution is 2.01. The fraction of sp³-hybridized carbons (Fsp3) is 0.167. The van der Waals surface area contributed by atoms with E-state index in [1.165, 1.54) is 12.4 Å². The molecule has 0 bridgehead atoms. The van der Waals surface area contributed by atoms with Crippen LogP contribution in [0.4, 0.5) is 5.69 Å². The maximum absolute atomic E-state index is 11.1. The number of nitrogens with two attached hydrogens (primary N) is 1. The van der Waals surface area contributed by atoms with E-state index < -0.39 is 0 Å². The number of hydrogen-bond acceptors (Lipinski definition) is 4. The average Bonchev–Trinajstić information content (AvgIpc) is 2.56. The monoisotopic (exact) mass is 183 g/mol. The van der Waals surface area contributed by atoms with Crippen LogP contribution in [-0.4, -0.2) is 27.1 Å². The minimum absolute atomic E-state index is 0.138. The standard InChI is InChI=1S/C6H9N5O2/c7-5(11-13)1-6(12)10-4-2-8-9-3-4/h2-3,13H,1H2,(H2,7,11)(H,8,9)(H,10,12). The molecule has 0 aliphatic heterocycles. The molecule has 13 heavy (non-hydrogen) atoms. The average molecular weight is 183 g/mol. The molecule has 1 amide bonds. The minimum atomic E-state index is -0.364. The van der Waals surface area contributed by atoms with E-state index in [0.717, 1.165) is 0 Å². The normalized spacial score (nSPS) is 11.2. The molecule has 0 fully saturated rings. The maximum atomic E-state index is 11.1. The van der Waals surface area contributed by atoms with E-state index in [4.69, 9.17) is 10.9 Å². The van der Waals surface area contributed by atoms with Gasteiger partial charge in [-0.15, -0.1) is 0 Å². The van der Waals surface area contributed by atoms with Crippen molar-refractivity contribution in [3.63, 3.8) is 0 Å². The van der Waals surface area contributed by atoms with Crippen molar-refractivity contribution in [2.24, 2.45) is 10.9 Å². The van der Waals surface area contributed by atoms with Gasteiger partial charge in [-0.05, 0) is 0 Å². The summed E-state index contributed by atoms with van der Waals surface area (Å²) in [6.45, 7) is 0. The minimum Gasteiger partial charge on any atom is -0.409 e. The first kappa shape index (κ1) is 9.04. The number of oxime groups is 1. The molecular weight excluding hydrogens is 174 g/mol. The number of carbonyl (C=O) groups excluding carboxylic acids is 1. The van der Waals surface area contributed by atoms with Crippen LogP contribution in [0.2, 0.25) is 0 Å². The highest BCUT2D eigenvalue weighted by molar-refractivity contribution is 6.04. The smallest absolute Gasteiger partial charge is 0.232 e. The Labute approximate surface area is 73.6 Å². The summed E-state index contributed by atoms with van der Waals surface area (Å²) in [7, 11) is 0. The number of nitrogens with one attached hydrogen (secondary N) is 2. The molecule has 0 aromatic carbocycles. The van der Waals surface area contributed by atoms with Crippen LogP contribution in [0.15, 0.2) is 17.5 Å². The number of H-pyrrole nitrogens is 1. The van der Waals surface area contributed by atoms with E-state index in [9.17, 15) is 4.79 Å². The van der Waals surface area contributed by atoms with Crippen LogP contribution in [0.3, 0.4) is 0 Å². The first-order chi connectivity index (χ1) is 6.22. The number of carbonyl (C=O) groups is 1. The highest BCUT2D eigenvalue weighted by Gasteiger charge is 2.05. The number of amides is 1. The topological polar surface area (TPSA) is 116 Å². The van der Waals surface area contributed by atoms with Crippen LogP contribution >= 0.6 is 0 Å². The predicted octanol–water partition coefficient (Wildman–Crippen LogP) is -0.515. The summed E-state index contributed by atoms with van der Waals surface area (Å²) in [5.74, 6) is -0.502. The van der Waals surface area contributed by atoms with Gasteiger partial charge in [-0.1, -0.05) is 5.16 Å². The van der Waals surface area contributed by atoms with Crippen molar-refractivity contribution < 1.29 is 10.0 Å². The molecule has 7 nitrogen and oxygen atoms in total. The van der Waals surface area contributed by atoms with Gasteiger partial charge in [0.25, 0.3) is 0 Å². The van der Waals surface area contributed by atoms with Gasteiger partial charge in [0, 0.05) is 6.20 Å². The Morgan fingerprint density at radius 2 is 2.62 bits per heavy atom. The number of aromatic amines is 1. The number of anilines is 1. The Bertz CT molecular complexity index is 305. The van der Waals surface area contributed by atoms with Crippen molar-refractivity contribution in [3.05, 3.63) is 12.4 Å². The Balaban J connectivity index is 2.43. The van der Waals surface area contributed by atoms with Crippen LogP contribution < -0.4 is 11.1 Å². The lowest BCUT2D eigenvalue weighted by Gasteiger charge is -1.99. The molecule has 1 rings (SSSR count). The summed E-state index contributed by atoms with van der Waals surface area (Å²) in [6, 6.07) is 0. The van der Waals surface area contributed by atoms with Crippen LogP contribution in [0.1, 0.15) is 6.42 Å². The third-order valence-electron chi connectivity index (χ3n) is 1.25. The summed E-state index contributed by atoms with van der Waals surface area (Å²) in [5.41, 5.74) is 5.66. The van der Waals surface area contributed by atoms with Gasteiger partial charge < -0.3 is 16.3 Å². The summed E-state index contributed by atoms with van der Waals surface area (Å²) in [6.07, 6.45) is 2.82. The number of hydrogen-bond donors (Lipinski definition) is 4.